The number of nitrogens with one attached hydrogen (secondary N) is 1. The second kappa shape index (κ2) is 8.21. The summed E-state index contributed by atoms with van der Waals surface area (Å²) in [6, 6.07) is 33.5. The fourth-order valence-electron chi connectivity index (χ4n) is 5.89. The van der Waals surface area contributed by atoms with E-state index in [-0.39, 0.29) is 0 Å². The van der Waals surface area contributed by atoms with Crippen molar-refractivity contribution in [3.63, 3.8) is 0 Å². The summed E-state index contributed by atoms with van der Waals surface area (Å²) in [6.45, 7) is 0.873. The van der Waals surface area contributed by atoms with Crippen molar-refractivity contribution in [3.05, 3.63) is 127 Å². The Morgan fingerprint density at radius 1 is 0.684 bits per heavy atom. The first-order chi connectivity index (χ1) is 18.8. The first kappa shape index (κ1) is 21.0. The highest BCUT2D eigenvalue weighted by atomic mass is 15.0. The number of hydrogen-bond donors (Lipinski definition) is 1. The fraction of sp³-hybridized carbons (Fsp3) is 0.0286. The summed E-state index contributed by atoms with van der Waals surface area (Å²) in [5, 5.41) is 10.8. The highest BCUT2D eigenvalue weighted by molar-refractivity contribution is 6.21. The summed E-state index contributed by atoms with van der Waals surface area (Å²) in [5.41, 5.74) is 8.37. The number of aromatic nitrogens is 1. The summed E-state index contributed by atoms with van der Waals surface area (Å²) in [6.07, 6.45) is 12.3. The van der Waals surface area contributed by atoms with E-state index in [2.05, 4.69) is 130 Å². The van der Waals surface area contributed by atoms with E-state index in [0.717, 1.165) is 12.1 Å². The molecule has 3 heterocycles. The standard InChI is InChI=1S/C35H23N3/c1-2-5-24-19-30(11-7-23(24)4-1)38-34-20-26(28-6-3-16-36-21-28)9-13-32(34)33-14-10-27-18-25(29-15-17-37-22-29)8-12-31(27)35(33)38/h1-15,17-22H,16H2/p+1. The van der Waals surface area contributed by atoms with Crippen molar-refractivity contribution in [1.82, 2.24) is 14.6 Å². The number of allylic oxidation sites excluding steroid dienone is 4. The van der Waals surface area contributed by atoms with E-state index in [1.807, 2.05) is 12.4 Å². The molecule has 2 aliphatic rings. The van der Waals surface area contributed by atoms with Crippen molar-refractivity contribution in [1.29, 1.82) is 0 Å². The molecule has 0 aliphatic carbocycles. The maximum absolute atomic E-state index is 4.26. The number of hydrogen-bond acceptors (Lipinski definition) is 1. The van der Waals surface area contributed by atoms with E-state index in [0.29, 0.717) is 0 Å². The Labute approximate surface area is 220 Å². The molecular formula is C35H24N3+. The summed E-state index contributed by atoms with van der Waals surface area (Å²) in [4.78, 5) is 0. The fourth-order valence-corrected chi connectivity index (χ4v) is 5.89. The minimum atomic E-state index is 0.873. The van der Waals surface area contributed by atoms with Gasteiger partial charge in [0, 0.05) is 40.7 Å². The van der Waals surface area contributed by atoms with Gasteiger partial charge in [-0.25, -0.2) is 0 Å². The van der Waals surface area contributed by atoms with Crippen molar-refractivity contribution in [2.24, 2.45) is 0 Å². The van der Waals surface area contributed by atoms with Gasteiger partial charge in [-0.1, -0.05) is 78.9 Å². The molecule has 0 saturated carbocycles. The molecule has 3 heteroatoms. The van der Waals surface area contributed by atoms with E-state index in [9.17, 15) is 0 Å². The molecule has 0 fully saturated rings. The van der Waals surface area contributed by atoms with Crippen LogP contribution >= 0.6 is 0 Å². The van der Waals surface area contributed by atoms with E-state index >= 15 is 0 Å². The molecule has 1 aromatic heterocycles. The van der Waals surface area contributed by atoms with Gasteiger partial charge in [0.25, 0.3) is 12.4 Å². The van der Waals surface area contributed by atoms with Gasteiger partial charge in [-0.05, 0) is 57.1 Å². The maximum atomic E-state index is 4.26. The van der Waals surface area contributed by atoms with Crippen molar-refractivity contribution in [2.45, 2.75) is 0 Å². The zero-order valence-corrected chi connectivity index (χ0v) is 20.7. The molecule has 0 spiro atoms. The molecule has 0 bridgehead atoms. The van der Waals surface area contributed by atoms with Gasteiger partial charge in [0.2, 0.25) is 0 Å². The lowest BCUT2D eigenvalue weighted by Gasteiger charge is -2.13. The van der Waals surface area contributed by atoms with Gasteiger partial charge in [-0.3, -0.25) is 0 Å². The Hall–Kier alpha value is -5.11. The van der Waals surface area contributed by atoms with Crippen molar-refractivity contribution >= 4 is 66.9 Å². The number of rotatable bonds is 3. The Morgan fingerprint density at radius 2 is 1.50 bits per heavy atom. The first-order valence-electron chi connectivity index (χ1n) is 13.0. The molecular weight excluding hydrogens is 462 g/mol. The van der Waals surface area contributed by atoms with Gasteiger partial charge in [-0.2, -0.15) is 0 Å². The van der Waals surface area contributed by atoms with Crippen LogP contribution in [0.3, 0.4) is 0 Å². The quantitative estimate of drug-likeness (QED) is 0.264. The Bertz CT molecular complexity index is 2110. The number of dihydropyridines is 1. The molecule has 0 atom stereocenters. The van der Waals surface area contributed by atoms with Gasteiger partial charge in [0.1, 0.15) is 0 Å². The van der Waals surface area contributed by atoms with E-state index in [1.165, 1.54) is 65.7 Å². The lowest BCUT2D eigenvalue weighted by atomic mass is 9.99. The second-order valence-corrected chi connectivity index (χ2v) is 9.96. The maximum Gasteiger partial charge on any atom is 0.300 e. The van der Waals surface area contributed by atoms with Crippen LogP contribution in [0, 0.1) is 0 Å². The Morgan fingerprint density at radius 3 is 2.34 bits per heavy atom. The van der Waals surface area contributed by atoms with Crippen molar-refractivity contribution < 1.29 is 0 Å². The second-order valence-electron chi connectivity index (χ2n) is 9.96. The molecule has 178 valence electrons. The summed E-state index contributed by atoms with van der Waals surface area (Å²) >= 11 is 0. The van der Waals surface area contributed by atoms with Crippen LogP contribution in [0.5, 0.6) is 0 Å². The van der Waals surface area contributed by atoms with Crippen LogP contribution < -0.4 is 9.98 Å². The average molecular weight is 487 g/mol. The molecule has 0 unspecified atom stereocenters. The van der Waals surface area contributed by atoms with Crippen LogP contribution in [0.2, 0.25) is 0 Å². The molecule has 0 amide bonds. The third-order valence-electron chi connectivity index (χ3n) is 7.75. The van der Waals surface area contributed by atoms with Crippen LogP contribution in [0.15, 0.2) is 115 Å². The van der Waals surface area contributed by atoms with E-state index in [1.54, 1.807) is 0 Å². The number of nitrogens with zero attached hydrogens (tertiary/aromatic N) is 2. The molecule has 0 saturated heterocycles. The molecule has 0 radical (unpaired) electrons. The minimum absolute atomic E-state index is 0.873. The van der Waals surface area contributed by atoms with E-state index in [4.69, 9.17) is 0 Å². The summed E-state index contributed by atoms with van der Waals surface area (Å²) in [7, 11) is 0. The normalized spacial score (nSPS) is 14.5. The summed E-state index contributed by atoms with van der Waals surface area (Å²) in [5.74, 6) is 0. The summed E-state index contributed by atoms with van der Waals surface area (Å²) < 4.78 is 6.72. The lowest BCUT2D eigenvalue weighted by molar-refractivity contribution is 0.976. The van der Waals surface area contributed by atoms with Crippen LogP contribution in [0.25, 0.3) is 60.2 Å². The molecule has 38 heavy (non-hydrogen) atoms. The third kappa shape index (κ3) is 3.20. The SMILES string of the molecule is C1=CC(c2ccc3c4ccc5cc(C6=CC=[N+]=C6)ccc5c4n(-c4ccc5ccccc5c4)c3c2)=CNC1. The molecule has 3 nitrogen and oxygen atoms in total. The average Bonchev–Trinajstić information content (AvgIpc) is 3.64. The highest BCUT2D eigenvalue weighted by Gasteiger charge is 2.18. The Kier molecular flexibility index (Phi) is 4.54. The topological polar surface area (TPSA) is 31.1 Å². The predicted octanol–water partition coefficient (Wildman–Crippen LogP) is 7.20. The molecule has 8 rings (SSSR count). The molecule has 5 aromatic carbocycles. The van der Waals surface area contributed by atoms with Crippen molar-refractivity contribution in [2.75, 3.05) is 6.54 Å². The smallest absolute Gasteiger partial charge is 0.300 e. The van der Waals surface area contributed by atoms with Gasteiger partial charge in [0.15, 0.2) is 0 Å². The first-order valence-corrected chi connectivity index (χ1v) is 13.0. The van der Waals surface area contributed by atoms with Crippen LogP contribution in [-0.2, 0) is 0 Å². The number of benzene rings is 5. The molecule has 2 aliphatic heterocycles. The van der Waals surface area contributed by atoms with Crippen LogP contribution in [0.1, 0.15) is 11.1 Å². The van der Waals surface area contributed by atoms with Gasteiger partial charge < -0.3 is 9.88 Å². The number of fused-ring (bicyclic) bond motifs is 6. The van der Waals surface area contributed by atoms with Gasteiger partial charge >= 0.3 is 0 Å². The monoisotopic (exact) mass is 486 g/mol. The van der Waals surface area contributed by atoms with Gasteiger partial charge in [0.05, 0.1) is 16.6 Å². The van der Waals surface area contributed by atoms with E-state index < -0.39 is 0 Å². The Balaban J connectivity index is 1.46. The third-order valence-corrected chi connectivity index (χ3v) is 7.75. The zero-order chi connectivity index (χ0) is 25.1. The van der Waals surface area contributed by atoms with Crippen LogP contribution in [-0.4, -0.2) is 23.5 Å². The van der Waals surface area contributed by atoms with Crippen molar-refractivity contribution in [3.8, 4) is 5.69 Å². The largest absolute Gasteiger partial charge is 0.387 e. The van der Waals surface area contributed by atoms with Gasteiger partial charge in [-0.15, -0.1) is 4.67 Å². The van der Waals surface area contributed by atoms with Crippen LogP contribution in [0.4, 0.5) is 0 Å². The zero-order valence-electron chi connectivity index (χ0n) is 20.7. The lowest BCUT2D eigenvalue weighted by Crippen LogP contribution is -2.08. The predicted molar refractivity (Wildman–Crippen MR) is 163 cm³/mol. The molecule has 1 N–H and O–H groups in total. The highest BCUT2D eigenvalue weighted by Crippen LogP contribution is 2.39. The molecule has 6 aromatic rings. The minimum Gasteiger partial charge on any atom is -0.387 e.